The molecule has 3 rings (SSSR count). The first-order valence-electron chi connectivity index (χ1n) is 10.8. The molecular weight excluding hydrogens is 364 g/mol. The molecule has 0 atom stereocenters. The highest BCUT2D eigenvalue weighted by molar-refractivity contribution is 5.92. The number of hydrogen-bond acceptors (Lipinski definition) is 4. The summed E-state index contributed by atoms with van der Waals surface area (Å²) in [7, 11) is 0. The van der Waals surface area contributed by atoms with Gasteiger partial charge in [-0.3, -0.25) is 0 Å². The van der Waals surface area contributed by atoms with E-state index in [4.69, 9.17) is 4.74 Å². The van der Waals surface area contributed by atoms with E-state index >= 15 is 0 Å². The lowest BCUT2D eigenvalue weighted by atomic mass is 9.89. The van der Waals surface area contributed by atoms with Crippen molar-refractivity contribution in [3.05, 3.63) is 35.2 Å². The van der Waals surface area contributed by atoms with Crippen LogP contribution < -0.4 is 0 Å². The number of pyridine rings is 1. The summed E-state index contributed by atoms with van der Waals surface area (Å²) in [6, 6.07) is 5.63. The molecule has 0 spiro atoms. The van der Waals surface area contributed by atoms with Gasteiger partial charge in [-0.2, -0.15) is 0 Å². The SMILES string of the molecule is CCOC(=O)c1cc(-c2cc(O)nc(C(C)(C)C)c2)n(CC2CCCCC2)c1C. The number of carbonyl (C=O) groups is 1. The van der Waals surface area contributed by atoms with Crippen LogP contribution in [0.1, 0.15) is 81.5 Å². The van der Waals surface area contributed by atoms with Crippen LogP contribution in [-0.4, -0.2) is 27.2 Å². The molecule has 2 heterocycles. The van der Waals surface area contributed by atoms with Gasteiger partial charge >= 0.3 is 5.97 Å². The van der Waals surface area contributed by atoms with Crippen LogP contribution >= 0.6 is 0 Å². The van der Waals surface area contributed by atoms with Crippen LogP contribution in [0, 0.1) is 12.8 Å². The zero-order valence-electron chi connectivity index (χ0n) is 18.4. The predicted molar refractivity (Wildman–Crippen MR) is 115 cm³/mol. The molecule has 0 unspecified atom stereocenters. The van der Waals surface area contributed by atoms with E-state index in [1.807, 2.05) is 26.0 Å². The molecule has 0 aromatic carbocycles. The molecular formula is C24H34N2O3. The molecule has 1 aliphatic carbocycles. The minimum Gasteiger partial charge on any atom is -0.493 e. The van der Waals surface area contributed by atoms with Gasteiger partial charge in [0.2, 0.25) is 5.88 Å². The number of carbonyl (C=O) groups excluding carboxylic acids is 1. The Bertz CT molecular complexity index is 871. The van der Waals surface area contributed by atoms with Crippen molar-refractivity contribution in [2.24, 2.45) is 5.92 Å². The van der Waals surface area contributed by atoms with Crippen molar-refractivity contribution in [1.29, 1.82) is 0 Å². The molecule has 1 aliphatic rings. The first-order chi connectivity index (χ1) is 13.7. The van der Waals surface area contributed by atoms with Crippen molar-refractivity contribution in [1.82, 2.24) is 9.55 Å². The molecule has 5 heteroatoms. The second-order valence-electron chi connectivity index (χ2n) is 9.21. The summed E-state index contributed by atoms with van der Waals surface area (Å²) < 4.78 is 7.53. The first-order valence-corrected chi connectivity index (χ1v) is 10.8. The fourth-order valence-corrected chi connectivity index (χ4v) is 4.21. The summed E-state index contributed by atoms with van der Waals surface area (Å²) in [6.07, 6.45) is 6.31. The number of nitrogens with zero attached hydrogens (tertiary/aromatic N) is 2. The molecule has 0 bridgehead atoms. The molecule has 0 amide bonds. The van der Waals surface area contributed by atoms with Crippen molar-refractivity contribution in [3.8, 4) is 17.1 Å². The lowest BCUT2D eigenvalue weighted by Gasteiger charge is -2.25. The minimum atomic E-state index is -0.289. The van der Waals surface area contributed by atoms with Gasteiger partial charge in [0.25, 0.3) is 0 Å². The van der Waals surface area contributed by atoms with Gasteiger partial charge in [0.1, 0.15) is 0 Å². The van der Waals surface area contributed by atoms with E-state index in [9.17, 15) is 9.90 Å². The highest BCUT2D eigenvalue weighted by Gasteiger charge is 2.24. The zero-order chi connectivity index (χ0) is 21.2. The molecule has 0 saturated heterocycles. The van der Waals surface area contributed by atoms with Crippen molar-refractivity contribution in [2.45, 2.75) is 78.7 Å². The Balaban J connectivity index is 2.10. The Labute approximate surface area is 174 Å². The number of ether oxygens (including phenoxy) is 1. The van der Waals surface area contributed by atoms with Crippen LogP contribution in [0.5, 0.6) is 5.88 Å². The van der Waals surface area contributed by atoms with Crippen LogP contribution in [0.15, 0.2) is 18.2 Å². The van der Waals surface area contributed by atoms with Gasteiger partial charge in [-0.15, -0.1) is 0 Å². The average molecular weight is 399 g/mol. The van der Waals surface area contributed by atoms with E-state index in [2.05, 4.69) is 30.3 Å². The Morgan fingerprint density at radius 3 is 2.52 bits per heavy atom. The summed E-state index contributed by atoms with van der Waals surface area (Å²) in [5.41, 5.74) is 4.00. The summed E-state index contributed by atoms with van der Waals surface area (Å²) in [5, 5.41) is 10.3. The molecule has 2 aromatic rings. The van der Waals surface area contributed by atoms with Crippen molar-refractivity contribution >= 4 is 5.97 Å². The van der Waals surface area contributed by atoms with E-state index in [1.165, 1.54) is 32.1 Å². The van der Waals surface area contributed by atoms with Crippen LogP contribution in [0.2, 0.25) is 0 Å². The standard InChI is InChI=1S/C24H34N2O3/c1-6-29-23(28)19-14-20(18-12-21(24(3,4)5)25-22(27)13-18)26(16(19)2)15-17-10-8-7-9-11-17/h12-14,17H,6-11,15H2,1-5H3,(H,25,27). The lowest BCUT2D eigenvalue weighted by Crippen LogP contribution is -2.17. The van der Waals surface area contributed by atoms with Crippen LogP contribution in [0.3, 0.4) is 0 Å². The first kappa shape index (κ1) is 21.4. The van der Waals surface area contributed by atoms with Crippen molar-refractivity contribution in [3.63, 3.8) is 0 Å². The number of hydrogen-bond donors (Lipinski definition) is 1. The van der Waals surface area contributed by atoms with E-state index in [1.54, 1.807) is 6.07 Å². The molecule has 1 N–H and O–H groups in total. The van der Waals surface area contributed by atoms with Gasteiger partial charge in [0.05, 0.1) is 17.9 Å². The van der Waals surface area contributed by atoms with Crippen molar-refractivity contribution < 1.29 is 14.6 Å². The topological polar surface area (TPSA) is 64.3 Å². The molecule has 29 heavy (non-hydrogen) atoms. The normalized spacial score (nSPS) is 15.5. The molecule has 0 aliphatic heterocycles. The quantitative estimate of drug-likeness (QED) is 0.664. The Kier molecular flexibility index (Phi) is 6.35. The zero-order valence-corrected chi connectivity index (χ0v) is 18.4. The Morgan fingerprint density at radius 1 is 1.21 bits per heavy atom. The summed E-state index contributed by atoms with van der Waals surface area (Å²) in [4.78, 5) is 16.9. The fourth-order valence-electron chi connectivity index (χ4n) is 4.21. The summed E-state index contributed by atoms with van der Waals surface area (Å²) in [6.45, 7) is 11.3. The van der Waals surface area contributed by atoms with Gasteiger partial charge in [-0.1, -0.05) is 40.0 Å². The maximum Gasteiger partial charge on any atom is 0.339 e. The monoisotopic (exact) mass is 398 g/mol. The fraction of sp³-hybridized carbons (Fsp3) is 0.583. The molecule has 1 fully saturated rings. The van der Waals surface area contributed by atoms with Crippen molar-refractivity contribution in [2.75, 3.05) is 6.61 Å². The van der Waals surface area contributed by atoms with Crippen LogP contribution in [0.4, 0.5) is 0 Å². The molecule has 1 saturated carbocycles. The second kappa shape index (κ2) is 8.60. The smallest absolute Gasteiger partial charge is 0.339 e. The van der Waals surface area contributed by atoms with Gasteiger partial charge in [0, 0.05) is 35.0 Å². The lowest BCUT2D eigenvalue weighted by molar-refractivity contribution is 0.0525. The Morgan fingerprint density at radius 2 is 1.90 bits per heavy atom. The molecule has 5 nitrogen and oxygen atoms in total. The van der Waals surface area contributed by atoms with Gasteiger partial charge < -0.3 is 14.4 Å². The molecule has 158 valence electrons. The molecule has 2 aromatic heterocycles. The van der Waals surface area contributed by atoms with Gasteiger partial charge in [-0.25, -0.2) is 9.78 Å². The predicted octanol–water partition coefficient (Wildman–Crippen LogP) is 5.62. The summed E-state index contributed by atoms with van der Waals surface area (Å²) >= 11 is 0. The van der Waals surface area contributed by atoms with E-state index in [-0.39, 0.29) is 17.3 Å². The third-order valence-corrected chi connectivity index (χ3v) is 5.90. The number of esters is 1. The maximum atomic E-state index is 12.6. The second-order valence-corrected chi connectivity index (χ2v) is 9.21. The highest BCUT2D eigenvalue weighted by Crippen LogP contribution is 2.34. The number of aromatic hydroxyl groups is 1. The van der Waals surface area contributed by atoms with E-state index < -0.39 is 0 Å². The average Bonchev–Trinajstić information content (AvgIpc) is 2.98. The van der Waals surface area contributed by atoms with E-state index in [0.29, 0.717) is 18.1 Å². The number of aromatic nitrogens is 2. The summed E-state index contributed by atoms with van der Waals surface area (Å²) in [5.74, 6) is 0.331. The maximum absolute atomic E-state index is 12.6. The van der Waals surface area contributed by atoms with Gasteiger partial charge in [-0.05, 0) is 44.7 Å². The van der Waals surface area contributed by atoms with Crippen LogP contribution in [0.25, 0.3) is 11.3 Å². The number of rotatable bonds is 5. The highest BCUT2D eigenvalue weighted by atomic mass is 16.5. The largest absolute Gasteiger partial charge is 0.493 e. The third-order valence-electron chi connectivity index (χ3n) is 5.90. The minimum absolute atomic E-state index is 0.00757. The van der Waals surface area contributed by atoms with Gasteiger partial charge in [0.15, 0.2) is 0 Å². The van der Waals surface area contributed by atoms with Crippen LogP contribution in [-0.2, 0) is 16.7 Å². The molecule has 0 radical (unpaired) electrons. The van der Waals surface area contributed by atoms with E-state index in [0.717, 1.165) is 29.2 Å². The Hall–Kier alpha value is -2.30. The third kappa shape index (κ3) is 4.82.